The number of nitrogens with zero attached hydrogens (tertiary/aromatic N) is 3. The minimum absolute atomic E-state index is 0.0209. The number of alkyl halides is 1. The van der Waals surface area contributed by atoms with Gasteiger partial charge in [0.1, 0.15) is 6.17 Å². The Morgan fingerprint density at radius 1 is 1.65 bits per heavy atom. The zero-order valence-corrected chi connectivity index (χ0v) is 8.93. The summed E-state index contributed by atoms with van der Waals surface area (Å²) in [6.07, 6.45) is 0.133. The molecule has 92 valence electrons. The van der Waals surface area contributed by atoms with E-state index < -0.39 is 11.7 Å². The number of rotatable bonds is 4. The van der Waals surface area contributed by atoms with Gasteiger partial charge in [0.05, 0.1) is 12.9 Å². The summed E-state index contributed by atoms with van der Waals surface area (Å²) in [4.78, 5) is 21.5. The highest BCUT2D eigenvalue weighted by atomic mass is 19.1. The van der Waals surface area contributed by atoms with Gasteiger partial charge in [0.15, 0.2) is 11.2 Å². The third kappa shape index (κ3) is 2.26. The first kappa shape index (κ1) is 11.5. The average Bonchev–Trinajstić information content (AvgIpc) is 2.62. The number of fused-ring (bicyclic) bond motifs is 1. The normalized spacial score (nSPS) is 13.1. The van der Waals surface area contributed by atoms with E-state index in [1.54, 1.807) is 0 Å². The van der Waals surface area contributed by atoms with E-state index in [4.69, 9.17) is 10.8 Å². The molecule has 0 aliphatic rings. The molecule has 2 heterocycles. The highest BCUT2D eigenvalue weighted by Crippen LogP contribution is 2.09. The van der Waals surface area contributed by atoms with Crippen LogP contribution in [0, 0.1) is 0 Å². The van der Waals surface area contributed by atoms with Crippen LogP contribution in [0.5, 0.6) is 0 Å². The average molecular weight is 241 g/mol. The van der Waals surface area contributed by atoms with Crippen LogP contribution in [-0.2, 0) is 6.54 Å². The summed E-state index contributed by atoms with van der Waals surface area (Å²) in [6.45, 7) is -0.253. The molecule has 0 saturated carbocycles. The molecule has 1 atom stereocenters. The van der Waals surface area contributed by atoms with Crippen LogP contribution >= 0.6 is 0 Å². The molecule has 0 saturated heterocycles. The number of hydrogen-bond donors (Lipinski definition) is 3. The lowest BCUT2D eigenvalue weighted by Crippen LogP contribution is -2.15. The number of aliphatic hydroxyl groups is 1. The summed E-state index contributed by atoms with van der Waals surface area (Å²) in [6, 6.07) is 0. The number of nitrogens with one attached hydrogen (secondary N) is 1. The van der Waals surface area contributed by atoms with Gasteiger partial charge in [-0.05, 0) is 0 Å². The van der Waals surface area contributed by atoms with Gasteiger partial charge in [-0.15, -0.1) is 0 Å². The van der Waals surface area contributed by atoms with Gasteiger partial charge in [0, 0.05) is 13.0 Å². The number of aliphatic hydroxyl groups excluding tert-OH is 1. The minimum atomic E-state index is -1.22. The maximum atomic E-state index is 13.3. The quantitative estimate of drug-likeness (QED) is 0.663. The molecule has 17 heavy (non-hydrogen) atoms. The maximum Gasteiger partial charge on any atom is 0.280 e. The van der Waals surface area contributed by atoms with Gasteiger partial charge in [-0.1, -0.05) is 0 Å². The minimum Gasteiger partial charge on any atom is -0.396 e. The molecule has 0 aromatic carbocycles. The molecule has 4 N–H and O–H groups in total. The molecule has 0 aliphatic heterocycles. The first-order chi connectivity index (χ1) is 8.11. The summed E-state index contributed by atoms with van der Waals surface area (Å²) in [5.74, 6) is -0.0400. The van der Waals surface area contributed by atoms with Gasteiger partial charge in [-0.3, -0.25) is 9.78 Å². The van der Waals surface area contributed by atoms with E-state index in [0.29, 0.717) is 0 Å². The summed E-state index contributed by atoms with van der Waals surface area (Å²) in [5.41, 5.74) is 5.31. The Morgan fingerprint density at radius 2 is 2.41 bits per heavy atom. The van der Waals surface area contributed by atoms with Gasteiger partial charge in [0.25, 0.3) is 5.56 Å². The zero-order valence-electron chi connectivity index (χ0n) is 8.93. The lowest BCUT2D eigenvalue weighted by Gasteiger charge is -2.07. The molecule has 2 aromatic rings. The van der Waals surface area contributed by atoms with Crippen LogP contribution in [0.3, 0.4) is 0 Å². The molecule has 7 nitrogen and oxygen atoms in total. The number of halogens is 1. The third-order valence-corrected chi connectivity index (χ3v) is 2.33. The van der Waals surface area contributed by atoms with Crippen molar-refractivity contribution in [2.75, 3.05) is 12.3 Å². The Morgan fingerprint density at radius 3 is 3.12 bits per heavy atom. The van der Waals surface area contributed by atoms with Crippen molar-refractivity contribution >= 4 is 17.1 Å². The van der Waals surface area contributed by atoms with Crippen LogP contribution in [-0.4, -0.2) is 37.4 Å². The Labute approximate surface area is 95.1 Å². The first-order valence-corrected chi connectivity index (χ1v) is 5.07. The summed E-state index contributed by atoms with van der Waals surface area (Å²) >= 11 is 0. The predicted octanol–water partition coefficient (Wildman–Crippen LogP) is -0.578. The van der Waals surface area contributed by atoms with Crippen LogP contribution in [0.25, 0.3) is 11.2 Å². The second-order valence-corrected chi connectivity index (χ2v) is 3.63. The smallest absolute Gasteiger partial charge is 0.280 e. The Bertz CT molecular complexity index is 578. The van der Waals surface area contributed by atoms with Crippen molar-refractivity contribution < 1.29 is 9.50 Å². The topological polar surface area (TPSA) is 110 Å². The molecular formula is C9H12FN5O2. The molecule has 2 aromatic heterocycles. The van der Waals surface area contributed by atoms with Crippen molar-refractivity contribution in [1.29, 1.82) is 0 Å². The van der Waals surface area contributed by atoms with Crippen molar-refractivity contribution in [1.82, 2.24) is 19.5 Å². The maximum absolute atomic E-state index is 13.3. The van der Waals surface area contributed by atoms with Gasteiger partial charge >= 0.3 is 0 Å². The van der Waals surface area contributed by atoms with Gasteiger partial charge < -0.3 is 15.4 Å². The fourth-order valence-corrected chi connectivity index (χ4v) is 1.55. The van der Waals surface area contributed by atoms with Gasteiger partial charge in [-0.25, -0.2) is 9.37 Å². The highest BCUT2D eigenvalue weighted by molar-refractivity contribution is 5.70. The standard InChI is InChI=1S/C9H12FN5O2/c10-5(1-2-16)3-15-4-12-6-7(15)13-9(11)14-8(6)17/h4-5,16H,1-3H2,(H3,11,13,14,17)/t5-/m1/s1. The largest absolute Gasteiger partial charge is 0.396 e. The molecule has 0 aliphatic carbocycles. The van der Waals surface area contributed by atoms with Crippen molar-refractivity contribution in [2.45, 2.75) is 19.1 Å². The van der Waals surface area contributed by atoms with E-state index in [0.717, 1.165) is 0 Å². The molecule has 0 amide bonds. The number of imidazole rings is 1. The van der Waals surface area contributed by atoms with Crippen LogP contribution in [0.1, 0.15) is 6.42 Å². The van der Waals surface area contributed by atoms with Gasteiger partial charge in [-0.2, -0.15) is 4.98 Å². The van der Waals surface area contributed by atoms with Crippen LogP contribution < -0.4 is 11.3 Å². The van der Waals surface area contributed by atoms with E-state index in [1.807, 2.05) is 0 Å². The highest BCUT2D eigenvalue weighted by Gasteiger charge is 2.13. The number of anilines is 1. The van der Waals surface area contributed by atoms with Crippen molar-refractivity contribution in [3.63, 3.8) is 0 Å². The molecule has 0 fully saturated rings. The Hall–Kier alpha value is -1.96. The molecule has 0 spiro atoms. The number of nitrogens with two attached hydrogens (primary N) is 1. The molecule has 0 unspecified atom stereocenters. The van der Waals surface area contributed by atoms with E-state index >= 15 is 0 Å². The molecule has 0 bridgehead atoms. The second-order valence-electron chi connectivity index (χ2n) is 3.63. The van der Waals surface area contributed by atoms with E-state index in [9.17, 15) is 9.18 Å². The second kappa shape index (κ2) is 4.50. The summed E-state index contributed by atoms with van der Waals surface area (Å²) in [5, 5.41) is 8.61. The fraction of sp³-hybridized carbons (Fsp3) is 0.444. The SMILES string of the molecule is Nc1nc2c(ncn2C[C@H](F)CCO)c(=O)[nH]1. The monoisotopic (exact) mass is 241 g/mol. The zero-order chi connectivity index (χ0) is 12.4. The number of aromatic amines is 1. The predicted molar refractivity (Wildman–Crippen MR) is 59.2 cm³/mol. The van der Waals surface area contributed by atoms with Crippen LogP contribution in [0.4, 0.5) is 10.3 Å². The van der Waals surface area contributed by atoms with E-state index in [-0.39, 0.29) is 36.7 Å². The van der Waals surface area contributed by atoms with Crippen LogP contribution in [0.2, 0.25) is 0 Å². The molecular weight excluding hydrogens is 229 g/mol. The van der Waals surface area contributed by atoms with Crippen molar-refractivity contribution in [3.8, 4) is 0 Å². The third-order valence-electron chi connectivity index (χ3n) is 2.33. The molecule has 2 rings (SSSR count). The molecule has 0 radical (unpaired) electrons. The van der Waals surface area contributed by atoms with Crippen molar-refractivity contribution in [3.05, 3.63) is 16.7 Å². The summed E-state index contributed by atoms with van der Waals surface area (Å²) in [7, 11) is 0. The van der Waals surface area contributed by atoms with E-state index in [1.165, 1.54) is 10.9 Å². The number of nitrogen functional groups attached to an aromatic ring is 1. The summed E-state index contributed by atoms with van der Waals surface area (Å²) < 4.78 is 14.7. The Balaban J connectivity index is 2.39. The van der Waals surface area contributed by atoms with Crippen molar-refractivity contribution in [2.24, 2.45) is 0 Å². The lowest BCUT2D eigenvalue weighted by molar-refractivity contribution is 0.205. The first-order valence-electron chi connectivity index (χ1n) is 5.07. The van der Waals surface area contributed by atoms with Gasteiger partial charge in [0.2, 0.25) is 5.95 Å². The van der Waals surface area contributed by atoms with Crippen LogP contribution in [0.15, 0.2) is 11.1 Å². The number of hydrogen-bond acceptors (Lipinski definition) is 5. The lowest BCUT2D eigenvalue weighted by atomic mass is 10.3. The fourth-order valence-electron chi connectivity index (χ4n) is 1.55. The number of aromatic nitrogens is 4. The Kier molecular flexibility index (Phi) is 3.05. The van der Waals surface area contributed by atoms with E-state index in [2.05, 4.69) is 15.0 Å². The molecule has 8 heteroatoms. The number of H-pyrrole nitrogens is 1.